The highest BCUT2D eigenvalue weighted by atomic mass is 28.3. The lowest BCUT2D eigenvalue weighted by molar-refractivity contribution is 0.884. The quantitative estimate of drug-likeness (QED) is 0.397. The summed E-state index contributed by atoms with van der Waals surface area (Å²) in [5, 5.41) is 0.928. The van der Waals surface area contributed by atoms with Crippen LogP contribution in [0.1, 0.15) is 5.56 Å². The van der Waals surface area contributed by atoms with Crippen molar-refractivity contribution in [2.45, 2.75) is 6.92 Å². The largest absolute Gasteiger partial charge is 0.317 e. The maximum absolute atomic E-state index is 12.1. The van der Waals surface area contributed by atoms with Crippen LogP contribution >= 0.6 is 0 Å². The summed E-state index contributed by atoms with van der Waals surface area (Å²) in [5.41, 5.74) is 1.09. The molecule has 0 amide bonds. The normalized spacial score (nSPS) is 10.9. The van der Waals surface area contributed by atoms with Crippen molar-refractivity contribution in [1.82, 2.24) is 0 Å². The van der Waals surface area contributed by atoms with Crippen LogP contribution in [0.5, 0.6) is 0 Å². The van der Waals surface area contributed by atoms with Crippen LogP contribution in [0.2, 0.25) is 0 Å². The van der Waals surface area contributed by atoms with E-state index in [-0.39, 0.29) is 0 Å². The molecule has 0 heterocycles. The third-order valence-electron chi connectivity index (χ3n) is 1.41. The summed E-state index contributed by atoms with van der Waals surface area (Å²) in [6.07, 6.45) is 0. The Morgan fingerprint density at radius 3 is 2.44 bits per heavy atom. The molecule has 0 aliphatic rings. The molecule has 1 rings (SSSR count). The molecule has 0 nitrogen and oxygen atoms in total. The van der Waals surface area contributed by atoms with Crippen LogP contribution in [0.3, 0.4) is 0 Å². The summed E-state index contributed by atoms with van der Waals surface area (Å²) in [7, 11) is -1.44. The minimum absolute atomic E-state index is 0.928. The molecular formula is C7H9FSi. The fourth-order valence-corrected chi connectivity index (χ4v) is 1.31. The Morgan fingerprint density at radius 2 is 2.00 bits per heavy atom. The van der Waals surface area contributed by atoms with Crippen molar-refractivity contribution in [3.63, 3.8) is 0 Å². The molecule has 0 atom stereocenters. The smallest absolute Gasteiger partial charge is 0.247 e. The van der Waals surface area contributed by atoms with E-state index in [4.69, 9.17) is 0 Å². The monoisotopic (exact) mass is 140 g/mol. The Hall–Kier alpha value is -0.633. The molecule has 0 unspecified atom stereocenters. The third kappa shape index (κ3) is 1.39. The summed E-state index contributed by atoms with van der Waals surface area (Å²) in [5.74, 6) is 0. The number of aryl methyl sites for hydroxylation is 1. The van der Waals surface area contributed by atoms with Crippen LogP contribution in [-0.2, 0) is 0 Å². The summed E-state index contributed by atoms with van der Waals surface area (Å²) in [6.45, 7) is 1.95. The first-order valence-corrected chi connectivity index (χ1v) is 4.19. The first kappa shape index (κ1) is 6.49. The van der Waals surface area contributed by atoms with E-state index in [9.17, 15) is 4.11 Å². The maximum atomic E-state index is 12.1. The predicted molar refractivity (Wildman–Crippen MR) is 40.5 cm³/mol. The Bertz CT molecular complexity index is 198. The molecule has 0 spiro atoms. The summed E-state index contributed by atoms with van der Waals surface area (Å²) >= 11 is 0. The SMILES string of the molecule is Cc1ccccc1[SiH2]F. The van der Waals surface area contributed by atoms with E-state index in [2.05, 4.69) is 0 Å². The van der Waals surface area contributed by atoms with Gasteiger partial charge in [-0.2, -0.15) is 0 Å². The second kappa shape index (κ2) is 2.78. The maximum Gasteiger partial charge on any atom is 0.247 e. The van der Waals surface area contributed by atoms with Gasteiger partial charge in [-0.25, -0.2) is 0 Å². The Morgan fingerprint density at radius 1 is 1.33 bits per heavy atom. The van der Waals surface area contributed by atoms with Crippen molar-refractivity contribution in [2.24, 2.45) is 0 Å². The number of halogens is 1. The fraction of sp³-hybridized carbons (Fsp3) is 0.143. The molecule has 1 aromatic carbocycles. The van der Waals surface area contributed by atoms with E-state index < -0.39 is 9.85 Å². The van der Waals surface area contributed by atoms with Gasteiger partial charge in [0.25, 0.3) is 0 Å². The summed E-state index contributed by atoms with van der Waals surface area (Å²) in [4.78, 5) is 0. The molecule has 0 radical (unpaired) electrons. The number of hydrogen-bond acceptors (Lipinski definition) is 0. The van der Waals surface area contributed by atoms with E-state index >= 15 is 0 Å². The molecule has 48 valence electrons. The summed E-state index contributed by atoms with van der Waals surface area (Å²) < 4.78 is 12.1. The van der Waals surface area contributed by atoms with Gasteiger partial charge in [0.2, 0.25) is 9.85 Å². The van der Waals surface area contributed by atoms with Crippen molar-refractivity contribution in [3.05, 3.63) is 29.8 Å². The van der Waals surface area contributed by atoms with Gasteiger partial charge in [0.15, 0.2) is 0 Å². The van der Waals surface area contributed by atoms with Gasteiger partial charge in [-0.1, -0.05) is 24.3 Å². The van der Waals surface area contributed by atoms with Gasteiger partial charge in [0.05, 0.1) is 0 Å². The Kier molecular flexibility index (Phi) is 2.00. The van der Waals surface area contributed by atoms with E-state index in [1.165, 1.54) is 0 Å². The highest BCUT2D eigenvalue weighted by molar-refractivity contribution is 6.46. The molecular weight excluding hydrogens is 131 g/mol. The molecule has 0 aliphatic heterocycles. The average molecular weight is 140 g/mol. The second-order valence-electron chi connectivity index (χ2n) is 2.06. The number of rotatable bonds is 1. The molecule has 0 fully saturated rings. The van der Waals surface area contributed by atoms with Crippen LogP contribution in [0.15, 0.2) is 24.3 Å². The van der Waals surface area contributed by atoms with Crippen molar-refractivity contribution >= 4 is 15.0 Å². The van der Waals surface area contributed by atoms with Crippen molar-refractivity contribution in [3.8, 4) is 0 Å². The molecule has 0 N–H and O–H groups in total. The molecule has 0 saturated heterocycles. The van der Waals surface area contributed by atoms with Crippen LogP contribution in [0.25, 0.3) is 0 Å². The molecule has 0 bridgehead atoms. The fourth-order valence-electron chi connectivity index (χ4n) is 0.760. The van der Waals surface area contributed by atoms with Gasteiger partial charge in [-0.3, -0.25) is 0 Å². The summed E-state index contributed by atoms with van der Waals surface area (Å²) in [6, 6.07) is 7.63. The highest BCUT2D eigenvalue weighted by Crippen LogP contribution is 1.91. The van der Waals surface area contributed by atoms with E-state index in [1.54, 1.807) is 0 Å². The van der Waals surface area contributed by atoms with Crippen LogP contribution in [-0.4, -0.2) is 9.85 Å². The number of benzene rings is 1. The highest BCUT2D eigenvalue weighted by Gasteiger charge is 1.93. The standard InChI is InChI=1S/C7H9FSi/c1-6-4-2-3-5-7(6)9-8/h2-5H,9H2,1H3. The zero-order valence-electron chi connectivity index (χ0n) is 5.39. The molecule has 0 aromatic heterocycles. The zero-order chi connectivity index (χ0) is 6.69. The first-order valence-electron chi connectivity index (χ1n) is 2.95. The van der Waals surface area contributed by atoms with Gasteiger partial charge in [0.1, 0.15) is 0 Å². The first-order chi connectivity index (χ1) is 4.34. The second-order valence-corrected chi connectivity index (χ2v) is 3.09. The zero-order valence-corrected chi connectivity index (χ0v) is 6.81. The van der Waals surface area contributed by atoms with Crippen molar-refractivity contribution in [1.29, 1.82) is 0 Å². The topological polar surface area (TPSA) is 0 Å². The van der Waals surface area contributed by atoms with Crippen LogP contribution in [0, 0.1) is 6.92 Å². The Labute approximate surface area is 56.7 Å². The van der Waals surface area contributed by atoms with Crippen LogP contribution in [0.4, 0.5) is 4.11 Å². The minimum atomic E-state index is -1.44. The Balaban J connectivity index is 3.01. The van der Waals surface area contributed by atoms with Gasteiger partial charge in [-0.05, 0) is 17.7 Å². The molecule has 9 heavy (non-hydrogen) atoms. The lowest BCUT2D eigenvalue weighted by Gasteiger charge is -1.95. The van der Waals surface area contributed by atoms with Gasteiger partial charge in [0, 0.05) is 0 Å². The van der Waals surface area contributed by atoms with E-state index in [0.717, 1.165) is 10.8 Å². The average Bonchev–Trinajstić information content (AvgIpc) is 1.89. The van der Waals surface area contributed by atoms with Gasteiger partial charge >= 0.3 is 0 Å². The minimum Gasteiger partial charge on any atom is -0.317 e. The lowest BCUT2D eigenvalue weighted by atomic mass is 10.2. The van der Waals surface area contributed by atoms with Crippen molar-refractivity contribution in [2.75, 3.05) is 0 Å². The molecule has 0 aliphatic carbocycles. The van der Waals surface area contributed by atoms with E-state index in [1.807, 2.05) is 31.2 Å². The number of hydrogen-bond donors (Lipinski definition) is 0. The molecule has 1 aromatic rings. The predicted octanol–water partition coefficient (Wildman–Crippen LogP) is 0.674. The van der Waals surface area contributed by atoms with Crippen LogP contribution < -0.4 is 5.19 Å². The lowest BCUT2D eigenvalue weighted by Crippen LogP contribution is -2.12. The van der Waals surface area contributed by atoms with Gasteiger partial charge in [-0.15, -0.1) is 0 Å². The van der Waals surface area contributed by atoms with E-state index in [0.29, 0.717) is 0 Å². The van der Waals surface area contributed by atoms with Crippen molar-refractivity contribution < 1.29 is 4.11 Å². The molecule has 2 heteroatoms. The molecule has 0 saturated carbocycles. The van der Waals surface area contributed by atoms with Gasteiger partial charge < -0.3 is 4.11 Å². The third-order valence-corrected chi connectivity index (χ3v) is 2.49.